The lowest BCUT2D eigenvalue weighted by atomic mass is 9.99. The van der Waals surface area contributed by atoms with E-state index < -0.39 is 0 Å². The van der Waals surface area contributed by atoms with E-state index >= 15 is 0 Å². The van der Waals surface area contributed by atoms with Gasteiger partial charge < -0.3 is 48.4 Å². The van der Waals surface area contributed by atoms with Crippen LogP contribution in [0.1, 0.15) is 0 Å². The van der Waals surface area contributed by atoms with E-state index in [1.165, 1.54) is 0 Å². The van der Waals surface area contributed by atoms with Gasteiger partial charge in [0.25, 0.3) is 0 Å². The van der Waals surface area contributed by atoms with E-state index in [1.807, 2.05) is 121 Å². The number of ether oxygens (including phenoxy) is 6. The van der Waals surface area contributed by atoms with Crippen molar-refractivity contribution in [3.8, 4) is 126 Å². The largest absolute Gasteiger partial charge is 0.496 e. The van der Waals surface area contributed by atoms with Crippen molar-refractivity contribution >= 4 is 88.3 Å². The number of H-pyrrole nitrogens is 4. The van der Waals surface area contributed by atoms with E-state index in [1.54, 1.807) is 42.7 Å². The minimum Gasteiger partial charge on any atom is -0.496 e. The molecule has 16 bridgehead atoms. The van der Waals surface area contributed by atoms with Crippen LogP contribution in [0.4, 0.5) is 0 Å². The van der Waals surface area contributed by atoms with Crippen molar-refractivity contribution in [1.82, 2.24) is 79.7 Å². The predicted octanol–water partition coefficient (Wildman–Crippen LogP) is 12.1. The maximum atomic E-state index is 6.04. The highest BCUT2D eigenvalue weighted by molar-refractivity contribution is 6.12. The molecule has 4 N–H and O–H groups in total. The zero-order valence-corrected chi connectivity index (χ0v) is 46.4. The summed E-state index contributed by atoms with van der Waals surface area (Å²) in [6.07, 6.45) is 0. The maximum Gasteiger partial charge on any atom is 0.168 e. The molecule has 4 aliphatic rings. The van der Waals surface area contributed by atoms with Gasteiger partial charge in [-0.05, 0) is 48.5 Å². The molecule has 7 aromatic carbocycles. The third-order valence-corrected chi connectivity index (χ3v) is 16.0. The average molecular weight is 1130 g/mol. The van der Waals surface area contributed by atoms with Gasteiger partial charge in [0.05, 0.1) is 75.3 Å². The molecular formula is C64H42N16O6. The number of rotatable bonds is 6. The fourth-order valence-electron chi connectivity index (χ4n) is 12.2. The molecule has 86 heavy (non-hydrogen) atoms. The lowest BCUT2D eigenvalue weighted by Crippen LogP contribution is -1.89. The molecule has 0 saturated carbocycles. The average Bonchev–Trinajstić information content (AvgIpc) is 2.42. The number of methoxy groups -OCH3 is 6. The molecule has 4 aliphatic heterocycles. The monoisotopic (exact) mass is 1130 g/mol. The molecule has 0 unspecified atom stereocenters. The van der Waals surface area contributed by atoms with E-state index in [0.29, 0.717) is 192 Å². The Balaban J connectivity index is 1.01. The Hall–Kier alpha value is -11.9. The first-order valence-corrected chi connectivity index (χ1v) is 27.2. The molecule has 22 nitrogen and oxygen atoms in total. The Morgan fingerprint density at radius 1 is 0.233 bits per heavy atom. The van der Waals surface area contributed by atoms with Crippen LogP contribution >= 0.6 is 0 Å². The summed E-state index contributed by atoms with van der Waals surface area (Å²) >= 11 is 0. The maximum absolute atomic E-state index is 6.04. The van der Waals surface area contributed by atoms with Crippen molar-refractivity contribution in [2.24, 2.45) is 0 Å². The van der Waals surface area contributed by atoms with Gasteiger partial charge in [-0.1, -0.05) is 72.8 Å². The second-order valence-corrected chi connectivity index (χ2v) is 20.5. The number of benzene rings is 7. The molecule has 0 fully saturated rings. The van der Waals surface area contributed by atoms with Crippen LogP contribution in [0.5, 0.6) is 34.5 Å². The standard InChI is InChI=1S/C64H42N16O6/c1-81-37-19-8-14-28-43(37)59-71-50(28)66-57-35-25-33-34(26-36(35)58(69-57)79-62-46-31(17-11-22-40(46)84-4)53(77-62)75-61-45-30(52(73-59)74-61)16-10-21-39(45)83-3)56-65-49-27-13-7-20-38(82-2)44(27)60(70-49)76-54-32-18-12-24-42(86-6)48(32)64(78-54)80-63-47-29(15-9-23-41(47)85-5)51(72-63)67-55(33)68-56/h7-26H,1-6H3,(H2,65,67,68,70,72,76,78,80)(H2,66,69,71,73,74,75,77,79). The van der Waals surface area contributed by atoms with Crippen molar-refractivity contribution < 1.29 is 28.4 Å². The molecule has 10 heterocycles. The first-order chi connectivity index (χ1) is 42.3. The topological polar surface area (TPSA) is 273 Å². The van der Waals surface area contributed by atoms with Crippen LogP contribution in [-0.4, -0.2) is 122 Å². The van der Waals surface area contributed by atoms with Gasteiger partial charge >= 0.3 is 0 Å². The summed E-state index contributed by atoms with van der Waals surface area (Å²) < 4.78 is 36.0. The van der Waals surface area contributed by atoms with Crippen molar-refractivity contribution in [2.45, 2.75) is 0 Å². The third kappa shape index (κ3) is 7.00. The van der Waals surface area contributed by atoms with Crippen molar-refractivity contribution in [2.75, 3.05) is 42.7 Å². The molecule has 6 aromatic heterocycles. The minimum atomic E-state index is 0.326. The zero-order chi connectivity index (χ0) is 57.6. The van der Waals surface area contributed by atoms with Crippen LogP contribution in [0.15, 0.2) is 121 Å². The van der Waals surface area contributed by atoms with Gasteiger partial charge in [-0.2, -0.15) is 0 Å². The number of aromatic amines is 4. The first kappa shape index (κ1) is 48.7. The van der Waals surface area contributed by atoms with E-state index in [9.17, 15) is 0 Å². The second kappa shape index (κ2) is 18.3. The Morgan fingerprint density at radius 2 is 0.465 bits per heavy atom. The van der Waals surface area contributed by atoms with Crippen LogP contribution < -0.4 is 28.4 Å². The summed E-state index contributed by atoms with van der Waals surface area (Å²) in [5.74, 6) is 6.27. The van der Waals surface area contributed by atoms with Crippen LogP contribution in [0.2, 0.25) is 0 Å². The van der Waals surface area contributed by atoms with Gasteiger partial charge in [-0.25, -0.2) is 59.8 Å². The van der Waals surface area contributed by atoms with Gasteiger partial charge in [-0.3, -0.25) is 0 Å². The number of aromatic nitrogens is 16. The van der Waals surface area contributed by atoms with Crippen molar-refractivity contribution in [3.05, 3.63) is 121 Å². The molecule has 414 valence electrons. The molecule has 17 rings (SSSR count). The SMILES string of the molecule is COc1cccc2c1-c1nc-2nc2[nH]c(nc3nc(nc4[nH]c(n1)c1cccc(OC)c41)-c1cc4c(cc1-3)-c1nc-4nc3[nH]c(nc4nc(nc5[nH]c(n1)c1cccc(OC)c51)-c1c(OC)cccc1-4)c1c(OC)cccc31)c1cccc(OC)c21. The van der Waals surface area contributed by atoms with E-state index in [0.717, 1.165) is 21.7 Å². The van der Waals surface area contributed by atoms with Crippen LogP contribution in [0, 0.1) is 0 Å². The van der Waals surface area contributed by atoms with Crippen LogP contribution in [0.25, 0.3) is 179 Å². The number of nitrogens with zero attached hydrogens (tertiary/aromatic N) is 12. The summed E-state index contributed by atoms with van der Waals surface area (Å²) in [6, 6.07) is 38.4. The van der Waals surface area contributed by atoms with Gasteiger partial charge in [0, 0.05) is 54.9 Å². The fraction of sp³-hybridized carbons (Fsp3) is 0.0938. The Morgan fingerprint density at radius 3 is 0.767 bits per heavy atom. The summed E-state index contributed by atoms with van der Waals surface area (Å²) in [6.45, 7) is 0. The van der Waals surface area contributed by atoms with E-state index in [-0.39, 0.29) is 0 Å². The molecule has 0 spiro atoms. The molecule has 0 atom stereocenters. The van der Waals surface area contributed by atoms with Crippen molar-refractivity contribution in [1.29, 1.82) is 0 Å². The summed E-state index contributed by atoms with van der Waals surface area (Å²) in [7, 11) is 9.72. The summed E-state index contributed by atoms with van der Waals surface area (Å²) in [5.41, 5.74) is 8.87. The normalized spacial score (nSPS) is 12.1. The second-order valence-electron chi connectivity index (χ2n) is 20.5. The highest BCUT2D eigenvalue weighted by Gasteiger charge is 2.31. The lowest BCUT2D eigenvalue weighted by Gasteiger charge is -2.05. The number of hydrogen-bond acceptors (Lipinski definition) is 18. The molecule has 13 aromatic rings. The molecule has 0 aliphatic carbocycles. The van der Waals surface area contributed by atoms with Gasteiger partial charge in [0.15, 0.2) is 46.6 Å². The lowest BCUT2D eigenvalue weighted by molar-refractivity contribution is 0.416. The summed E-state index contributed by atoms with van der Waals surface area (Å²) in [5, 5.41) is 5.58. The number of nitrogens with one attached hydrogen (secondary N) is 4. The molecule has 0 saturated heterocycles. The number of fused-ring (bicyclic) bond motifs is 40. The summed E-state index contributed by atoms with van der Waals surface area (Å²) in [4.78, 5) is 77.5. The molecular weight excluding hydrogens is 1090 g/mol. The third-order valence-electron chi connectivity index (χ3n) is 16.0. The number of hydrogen-bond donors (Lipinski definition) is 4. The fourth-order valence-corrected chi connectivity index (χ4v) is 12.2. The molecule has 0 amide bonds. The predicted molar refractivity (Wildman–Crippen MR) is 325 cm³/mol. The minimum absolute atomic E-state index is 0.326. The Kier molecular flexibility index (Phi) is 10.4. The Bertz CT molecular complexity index is 5560. The zero-order valence-electron chi connectivity index (χ0n) is 46.4. The highest BCUT2D eigenvalue weighted by Crippen LogP contribution is 2.47. The van der Waals surface area contributed by atoms with E-state index in [4.69, 9.17) is 88.2 Å². The quantitative estimate of drug-likeness (QED) is 0.120. The van der Waals surface area contributed by atoms with Gasteiger partial charge in [0.2, 0.25) is 0 Å². The van der Waals surface area contributed by atoms with Crippen LogP contribution in [0.3, 0.4) is 0 Å². The van der Waals surface area contributed by atoms with Gasteiger partial charge in [0.1, 0.15) is 79.7 Å². The first-order valence-electron chi connectivity index (χ1n) is 27.2. The Labute approximate surface area is 484 Å². The molecule has 22 heteroatoms. The highest BCUT2D eigenvalue weighted by atomic mass is 16.5. The van der Waals surface area contributed by atoms with Gasteiger partial charge in [-0.15, -0.1) is 0 Å². The smallest absolute Gasteiger partial charge is 0.168 e. The molecule has 0 radical (unpaired) electrons. The van der Waals surface area contributed by atoms with Crippen LogP contribution in [-0.2, 0) is 0 Å². The van der Waals surface area contributed by atoms with E-state index in [2.05, 4.69) is 19.9 Å². The van der Waals surface area contributed by atoms with Crippen molar-refractivity contribution in [3.63, 3.8) is 0 Å².